The van der Waals surface area contributed by atoms with Crippen LogP contribution in [0.5, 0.6) is 0 Å². The van der Waals surface area contributed by atoms with Crippen LogP contribution in [0, 0.1) is 34.0 Å². The molecule has 0 saturated heterocycles. The van der Waals surface area contributed by atoms with Crippen LogP contribution >= 0.6 is 0 Å². The highest BCUT2D eigenvalue weighted by Crippen LogP contribution is 2.70. The molecule has 8 unspecified atom stereocenters. The highest BCUT2D eigenvalue weighted by atomic mass is 16.5. The summed E-state index contributed by atoms with van der Waals surface area (Å²) >= 11 is 0. The second-order valence-electron chi connectivity index (χ2n) is 10.1. The van der Waals surface area contributed by atoms with Crippen LogP contribution in [0.25, 0.3) is 0 Å². The summed E-state index contributed by atoms with van der Waals surface area (Å²) in [6.07, 6.45) is 6.81. The van der Waals surface area contributed by atoms with Crippen molar-refractivity contribution in [2.75, 3.05) is 13.2 Å². The Morgan fingerprint density at radius 2 is 1.96 bits per heavy atom. The van der Waals surface area contributed by atoms with E-state index in [1.54, 1.807) is 0 Å². The third kappa shape index (κ3) is 2.50. The molecule has 27 heavy (non-hydrogen) atoms. The van der Waals surface area contributed by atoms with Gasteiger partial charge in [-0.1, -0.05) is 19.9 Å². The Bertz CT molecular complexity index is 659. The number of carbonyl (C=O) groups is 1. The summed E-state index contributed by atoms with van der Waals surface area (Å²) < 4.78 is 5.63. The zero-order valence-electron chi connectivity index (χ0n) is 16.8. The van der Waals surface area contributed by atoms with E-state index in [4.69, 9.17) is 4.74 Å². The molecule has 2 bridgehead atoms. The largest absolute Gasteiger partial charge is 0.462 e. The lowest BCUT2D eigenvalue weighted by Gasteiger charge is -2.66. The van der Waals surface area contributed by atoms with Crippen molar-refractivity contribution in [1.82, 2.24) is 0 Å². The first-order valence-corrected chi connectivity index (χ1v) is 10.5. The average molecular weight is 379 g/mol. The Labute approximate surface area is 161 Å². The van der Waals surface area contributed by atoms with E-state index in [9.17, 15) is 20.1 Å². The Morgan fingerprint density at radius 3 is 2.59 bits per heavy atom. The molecular weight excluding hydrogens is 344 g/mol. The molecule has 1 spiro atoms. The van der Waals surface area contributed by atoms with Gasteiger partial charge in [-0.2, -0.15) is 0 Å². The Morgan fingerprint density at radius 1 is 1.22 bits per heavy atom. The minimum atomic E-state index is -0.541. The normalized spacial score (nSPS) is 51.2. The van der Waals surface area contributed by atoms with E-state index in [0.29, 0.717) is 18.3 Å². The highest BCUT2D eigenvalue weighted by Gasteiger charge is 2.67. The zero-order chi connectivity index (χ0) is 19.6. The predicted octanol–water partition coefficient (Wildman–Crippen LogP) is 2.43. The van der Waals surface area contributed by atoms with Crippen molar-refractivity contribution in [3.63, 3.8) is 0 Å². The van der Waals surface area contributed by atoms with Crippen LogP contribution in [0.1, 0.15) is 59.3 Å². The molecule has 4 aliphatic rings. The molecule has 152 valence electrons. The van der Waals surface area contributed by atoms with Gasteiger partial charge in [0.05, 0.1) is 19.3 Å². The van der Waals surface area contributed by atoms with Crippen LogP contribution in [0.2, 0.25) is 0 Å². The molecule has 0 aliphatic heterocycles. The van der Waals surface area contributed by atoms with E-state index in [2.05, 4.69) is 13.0 Å². The quantitative estimate of drug-likeness (QED) is 0.519. The Hall–Kier alpha value is -0.910. The number of aliphatic hydroxyl groups is 3. The molecular formula is C22H34O5. The van der Waals surface area contributed by atoms with Gasteiger partial charge in [-0.05, 0) is 67.3 Å². The van der Waals surface area contributed by atoms with Crippen molar-refractivity contribution in [2.45, 2.75) is 71.5 Å². The minimum Gasteiger partial charge on any atom is -0.462 e. The molecule has 3 N–H and O–H groups in total. The molecule has 4 rings (SSSR count). The predicted molar refractivity (Wildman–Crippen MR) is 101 cm³/mol. The molecule has 0 aromatic heterocycles. The second-order valence-corrected chi connectivity index (χ2v) is 10.1. The van der Waals surface area contributed by atoms with E-state index in [1.165, 1.54) is 6.92 Å². The van der Waals surface area contributed by atoms with Crippen LogP contribution in [0.3, 0.4) is 0 Å². The molecule has 5 heteroatoms. The lowest BCUT2D eigenvalue weighted by molar-refractivity contribution is -0.228. The first-order valence-electron chi connectivity index (χ1n) is 10.5. The SMILES string of the molecule is CC(=O)OC1CCC2(C)C(CC(O)C34C=C(CO)C(CCC23)C4)C1(C)CO. The van der Waals surface area contributed by atoms with E-state index in [0.717, 1.165) is 37.7 Å². The van der Waals surface area contributed by atoms with Gasteiger partial charge in [0.2, 0.25) is 0 Å². The Kier molecular flexibility index (Phi) is 4.53. The van der Waals surface area contributed by atoms with Crippen molar-refractivity contribution < 1.29 is 24.9 Å². The van der Waals surface area contributed by atoms with Crippen LogP contribution in [-0.2, 0) is 9.53 Å². The van der Waals surface area contributed by atoms with Crippen LogP contribution in [0.15, 0.2) is 11.6 Å². The molecule has 0 amide bonds. The summed E-state index contributed by atoms with van der Waals surface area (Å²) in [5, 5.41) is 31.5. The number of ether oxygens (including phenoxy) is 1. The van der Waals surface area contributed by atoms with E-state index >= 15 is 0 Å². The molecule has 0 heterocycles. The summed E-state index contributed by atoms with van der Waals surface area (Å²) in [5.74, 6) is 0.538. The smallest absolute Gasteiger partial charge is 0.302 e. The standard InChI is InChI=1S/C22H34O5/c1-13(25)27-19-6-7-20(2)16-5-4-14-9-22(16,10-15(14)11-23)18(26)8-17(20)21(19,3)12-24/h10,14,16-19,23-24,26H,4-9,11-12H2,1-3H3. The fourth-order valence-corrected chi connectivity index (χ4v) is 7.76. The summed E-state index contributed by atoms with van der Waals surface area (Å²) in [7, 11) is 0. The van der Waals surface area contributed by atoms with Crippen molar-refractivity contribution in [3.8, 4) is 0 Å². The molecule has 8 atom stereocenters. The van der Waals surface area contributed by atoms with E-state index < -0.39 is 11.5 Å². The van der Waals surface area contributed by atoms with Crippen molar-refractivity contribution in [1.29, 1.82) is 0 Å². The summed E-state index contributed by atoms with van der Waals surface area (Å²) in [6, 6.07) is 0. The lowest BCUT2D eigenvalue weighted by atomic mass is 9.40. The van der Waals surface area contributed by atoms with Gasteiger partial charge in [0.15, 0.2) is 0 Å². The van der Waals surface area contributed by atoms with E-state index in [1.807, 2.05) is 6.92 Å². The maximum atomic E-state index is 11.6. The molecule has 0 aromatic rings. The van der Waals surface area contributed by atoms with Gasteiger partial charge < -0.3 is 20.1 Å². The number of carbonyl (C=O) groups excluding carboxylic acids is 1. The summed E-state index contributed by atoms with van der Waals surface area (Å²) in [6.45, 7) is 5.84. The first-order chi connectivity index (χ1) is 12.7. The summed E-state index contributed by atoms with van der Waals surface area (Å²) in [5.41, 5.74) is 0.314. The highest BCUT2D eigenvalue weighted by molar-refractivity contribution is 5.66. The number of esters is 1. The fraction of sp³-hybridized carbons (Fsp3) is 0.864. The average Bonchev–Trinajstić information content (AvgIpc) is 2.92. The number of aliphatic hydroxyl groups excluding tert-OH is 3. The third-order valence-corrected chi connectivity index (χ3v) is 9.01. The second kappa shape index (κ2) is 6.30. The van der Waals surface area contributed by atoms with E-state index in [-0.39, 0.29) is 42.0 Å². The topological polar surface area (TPSA) is 87.0 Å². The van der Waals surface area contributed by atoms with Gasteiger partial charge >= 0.3 is 5.97 Å². The summed E-state index contributed by atoms with van der Waals surface area (Å²) in [4.78, 5) is 11.6. The monoisotopic (exact) mass is 378 g/mol. The van der Waals surface area contributed by atoms with Gasteiger partial charge in [0, 0.05) is 17.8 Å². The zero-order valence-corrected chi connectivity index (χ0v) is 16.8. The van der Waals surface area contributed by atoms with Crippen molar-refractivity contribution >= 4 is 5.97 Å². The minimum absolute atomic E-state index is 0.0142. The molecule has 3 fully saturated rings. The van der Waals surface area contributed by atoms with Crippen LogP contribution in [-0.4, -0.2) is 46.7 Å². The molecule has 5 nitrogen and oxygen atoms in total. The van der Waals surface area contributed by atoms with Crippen LogP contribution in [0.4, 0.5) is 0 Å². The van der Waals surface area contributed by atoms with Crippen molar-refractivity contribution in [3.05, 3.63) is 11.6 Å². The lowest BCUT2D eigenvalue weighted by Crippen LogP contribution is -2.65. The van der Waals surface area contributed by atoms with Gasteiger partial charge in [-0.15, -0.1) is 0 Å². The number of hydrogen-bond acceptors (Lipinski definition) is 5. The molecule has 4 aliphatic carbocycles. The number of hydrogen-bond donors (Lipinski definition) is 3. The molecule has 0 radical (unpaired) electrons. The van der Waals surface area contributed by atoms with Gasteiger partial charge in [0.25, 0.3) is 0 Å². The van der Waals surface area contributed by atoms with Gasteiger partial charge in [-0.3, -0.25) is 4.79 Å². The maximum Gasteiger partial charge on any atom is 0.302 e. The molecule has 0 aromatic carbocycles. The van der Waals surface area contributed by atoms with Crippen molar-refractivity contribution in [2.24, 2.45) is 34.0 Å². The number of fused-ring (bicyclic) bond motifs is 3. The fourth-order valence-electron chi connectivity index (χ4n) is 7.76. The van der Waals surface area contributed by atoms with Gasteiger partial charge in [-0.25, -0.2) is 0 Å². The Balaban J connectivity index is 1.74. The van der Waals surface area contributed by atoms with Gasteiger partial charge in [0.1, 0.15) is 6.10 Å². The molecule has 3 saturated carbocycles. The number of rotatable bonds is 3. The van der Waals surface area contributed by atoms with Crippen LogP contribution < -0.4 is 0 Å². The third-order valence-electron chi connectivity index (χ3n) is 9.01. The maximum absolute atomic E-state index is 11.6. The first kappa shape index (κ1) is 19.4.